The number of rotatable bonds is 5. The lowest BCUT2D eigenvalue weighted by molar-refractivity contribution is 0.588. The Kier molecular flexibility index (Phi) is 4.18. The van der Waals surface area contributed by atoms with Gasteiger partial charge in [0.15, 0.2) is 26.8 Å². The van der Waals surface area contributed by atoms with E-state index in [1.807, 2.05) is 19.0 Å². The van der Waals surface area contributed by atoms with Gasteiger partial charge in [0.05, 0.1) is 17.0 Å². The minimum absolute atomic E-state index is 0.0944. The molecular weight excluding hydrogens is 333 g/mol. The van der Waals surface area contributed by atoms with Crippen LogP contribution < -0.4 is 4.90 Å². The van der Waals surface area contributed by atoms with Crippen LogP contribution >= 0.6 is 0 Å². The van der Waals surface area contributed by atoms with Crippen LogP contribution in [0.15, 0.2) is 41.8 Å². The summed E-state index contributed by atoms with van der Waals surface area (Å²) < 4.78 is 39.3. The first kappa shape index (κ1) is 16.3. The number of fused-ring (bicyclic) bond motifs is 1. The Morgan fingerprint density at radius 3 is 2.50 bits per heavy atom. The van der Waals surface area contributed by atoms with Gasteiger partial charge in [-0.1, -0.05) is 0 Å². The summed E-state index contributed by atoms with van der Waals surface area (Å²) in [4.78, 5) is 14.5. The van der Waals surface area contributed by atoms with E-state index in [9.17, 15) is 12.8 Å². The highest BCUT2D eigenvalue weighted by Crippen LogP contribution is 2.20. The summed E-state index contributed by atoms with van der Waals surface area (Å²) in [5.74, 6) is 0.0633. The first-order valence-corrected chi connectivity index (χ1v) is 8.85. The second-order valence-electron chi connectivity index (χ2n) is 5.47. The van der Waals surface area contributed by atoms with E-state index < -0.39 is 15.7 Å². The van der Waals surface area contributed by atoms with Gasteiger partial charge in [0.1, 0.15) is 12.1 Å². The van der Waals surface area contributed by atoms with Crippen molar-refractivity contribution < 1.29 is 12.8 Å². The number of nitrogens with zero attached hydrogens (tertiary/aromatic N) is 5. The van der Waals surface area contributed by atoms with E-state index in [4.69, 9.17) is 0 Å². The Labute approximate surface area is 138 Å². The fourth-order valence-corrected chi connectivity index (χ4v) is 3.56. The minimum Gasteiger partial charge on any atom is -0.361 e. The summed E-state index contributed by atoms with van der Waals surface area (Å²) in [6, 6.07) is 4.80. The van der Waals surface area contributed by atoms with E-state index in [1.54, 1.807) is 10.9 Å². The minimum atomic E-state index is -3.52. The fourth-order valence-electron chi connectivity index (χ4n) is 2.34. The van der Waals surface area contributed by atoms with Crippen molar-refractivity contribution in [3.8, 4) is 0 Å². The number of aryl methyl sites for hydroxylation is 1. The van der Waals surface area contributed by atoms with Gasteiger partial charge < -0.3 is 9.47 Å². The molecule has 0 bridgehead atoms. The van der Waals surface area contributed by atoms with E-state index in [0.717, 1.165) is 12.1 Å². The predicted molar refractivity (Wildman–Crippen MR) is 88.1 cm³/mol. The molecule has 0 unspecified atom stereocenters. The standard InChI is InChI=1S/C15H16FN5O2S/c1-20(2)14-13-15(18-9-17-14)21(10-19-13)7-8-24(22,23)12-5-3-11(16)4-6-12/h3-6,9-10H,7-8H2,1-2H3. The van der Waals surface area contributed by atoms with Gasteiger partial charge in [-0.05, 0) is 24.3 Å². The Morgan fingerprint density at radius 2 is 1.83 bits per heavy atom. The molecule has 9 heteroatoms. The highest BCUT2D eigenvalue weighted by atomic mass is 32.2. The molecule has 24 heavy (non-hydrogen) atoms. The Bertz CT molecular complexity index is 967. The first-order valence-electron chi connectivity index (χ1n) is 7.20. The van der Waals surface area contributed by atoms with E-state index in [2.05, 4.69) is 15.0 Å². The van der Waals surface area contributed by atoms with Gasteiger partial charge in [-0.15, -0.1) is 0 Å². The summed E-state index contributed by atoms with van der Waals surface area (Å²) >= 11 is 0. The third kappa shape index (κ3) is 3.07. The molecule has 0 aliphatic rings. The highest BCUT2D eigenvalue weighted by molar-refractivity contribution is 7.91. The van der Waals surface area contributed by atoms with Crippen LogP contribution in [0.2, 0.25) is 0 Å². The van der Waals surface area contributed by atoms with Crippen molar-refractivity contribution in [2.45, 2.75) is 11.4 Å². The normalized spacial score (nSPS) is 11.8. The van der Waals surface area contributed by atoms with Crippen molar-refractivity contribution in [3.05, 3.63) is 42.7 Å². The molecule has 0 saturated carbocycles. The smallest absolute Gasteiger partial charge is 0.180 e. The van der Waals surface area contributed by atoms with Gasteiger partial charge >= 0.3 is 0 Å². The van der Waals surface area contributed by atoms with Crippen LogP contribution in [0, 0.1) is 5.82 Å². The number of benzene rings is 1. The third-order valence-corrected chi connectivity index (χ3v) is 5.29. The zero-order valence-electron chi connectivity index (χ0n) is 13.2. The molecule has 0 radical (unpaired) electrons. The molecule has 0 aliphatic carbocycles. The second kappa shape index (κ2) is 6.16. The number of aromatic nitrogens is 4. The van der Waals surface area contributed by atoms with E-state index in [0.29, 0.717) is 17.0 Å². The molecule has 3 aromatic rings. The van der Waals surface area contributed by atoms with Crippen LogP contribution in [-0.2, 0) is 16.4 Å². The molecule has 0 atom stereocenters. The number of anilines is 1. The Morgan fingerprint density at radius 1 is 1.12 bits per heavy atom. The van der Waals surface area contributed by atoms with Crippen LogP contribution in [0.3, 0.4) is 0 Å². The number of imidazole rings is 1. The van der Waals surface area contributed by atoms with Gasteiger partial charge in [-0.25, -0.2) is 27.8 Å². The molecule has 0 fully saturated rings. The molecule has 2 heterocycles. The number of sulfone groups is 1. The van der Waals surface area contributed by atoms with Crippen LogP contribution in [0.5, 0.6) is 0 Å². The van der Waals surface area contributed by atoms with Crippen LogP contribution in [-0.4, -0.2) is 47.8 Å². The van der Waals surface area contributed by atoms with Crippen molar-refractivity contribution in [3.63, 3.8) is 0 Å². The maximum Gasteiger partial charge on any atom is 0.180 e. The van der Waals surface area contributed by atoms with E-state index in [1.165, 1.54) is 18.5 Å². The molecule has 7 nitrogen and oxygen atoms in total. The van der Waals surface area contributed by atoms with Crippen molar-refractivity contribution in [2.24, 2.45) is 0 Å². The summed E-state index contributed by atoms with van der Waals surface area (Å²) in [5.41, 5.74) is 1.18. The summed E-state index contributed by atoms with van der Waals surface area (Å²) in [5, 5.41) is 0. The van der Waals surface area contributed by atoms with Gasteiger partial charge in [0.2, 0.25) is 0 Å². The van der Waals surface area contributed by atoms with Gasteiger partial charge in [0, 0.05) is 20.6 Å². The Balaban J connectivity index is 1.86. The lowest BCUT2D eigenvalue weighted by atomic mass is 10.4. The largest absolute Gasteiger partial charge is 0.361 e. The SMILES string of the molecule is CN(C)c1ncnc2c1ncn2CCS(=O)(=O)c1ccc(F)cc1. The van der Waals surface area contributed by atoms with Crippen molar-refractivity contribution in [1.29, 1.82) is 0 Å². The fraction of sp³-hybridized carbons (Fsp3) is 0.267. The third-order valence-electron chi connectivity index (χ3n) is 3.58. The molecule has 1 aromatic carbocycles. The lowest BCUT2D eigenvalue weighted by Gasteiger charge is -2.11. The Hall–Kier alpha value is -2.55. The summed E-state index contributed by atoms with van der Waals surface area (Å²) in [6.07, 6.45) is 2.97. The maximum atomic E-state index is 12.9. The molecule has 0 saturated heterocycles. The van der Waals surface area contributed by atoms with Crippen LogP contribution in [0.4, 0.5) is 10.2 Å². The molecular formula is C15H16FN5O2S. The number of hydrogen-bond acceptors (Lipinski definition) is 6. The van der Waals surface area contributed by atoms with Crippen LogP contribution in [0.1, 0.15) is 0 Å². The quantitative estimate of drug-likeness (QED) is 0.650. The van der Waals surface area contributed by atoms with Gasteiger partial charge in [0.25, 0.3) is 0 Å². The second-order valence-corrected chi connectivity index (χ2v) is 7.58. The average Bonchev–Trinajstić information content (AvgIpc) is 2.96. The van der Waals surface area contributed by atoms with E-state index in [-0.39, 0.29) is 17.2 Å². The van der Waals surface area contributed by atoms with E-state index >= 15 is 0 Å². The molecule has 2 aromatic heterocycles. The summed E-state index contributed by atoms with van der Waals surface area (Å²) in [6.45, 7) is 0.195. The van der Waals surface area contributed by atoms with Crippen molar-refractivity contribution in [1.82, 2.24) is 19.5 Å². The lowest BCUT2D eigenvalue weighted by Crippen LogP contribution is -2.14. The topological polar surface area (TPSA) is 81.0 Å². The molecule has 0 amide bonds. The average molecular weight is 349 g/mol. The monoisotopic (exact) mass is 349 g/mol. The summed E-state index contributed by atoms with van der Waals surface area (Å²) in [7, 11) is 0.177. The zero-order chi connectivity index (χ0) is 17.3. The van der Waals surface area contributed by atoms with Gasteiger partial charge in [-0.2, -0.15) is 0 Å². The number of hydrogen-bond donors (Lipinski definition) is 0. The molecule has 126 valence electrons. The van der Waals surface area contributed by atoms with Crippen molar-refractivity contribution in [2.75, 3.05) is 24.7 Å². The molecule has 3 rings (SSSR count). The molecule has 0 N–H and O–H groups in total. The maximum absolute atomic E-state index is 12.9. The van der Waals surface area contributed by atoms with Crippen LogP contribution in [0.25, 0.3) is 11.2 Å². The zero-order valence-corrected chi connectivity index (χ0v) is 14.0. The predicted octanol–water partition coefficient (Wildman–Crippen LogP) is 1.51. The molecule has 0 spiro atoms. The van der Waals surface area contributed by atoms with Crippen molar-refractivity contribution >= 4 is 26.8 Å². The highest BCUT2D eigenvalue weighted by Gasteiger charge is 2.17. The van der Waals surface area contributed by atoms with Gasteiger partial charge in [-0.3, -0.25) is 0 Å². The number of halogens is 1. The molecule has 0 aliphatic heterocycles. The first-order chi connectivity index (χ1) is 11.4.